The number of carbonyl (C=O) groups excluding carboxylic acids is 2. The number of para-hydroxylation sites is 1. The average molecular weight is 360 g/mol. The number of aromatic nitrogens is 1. The van der Waals surface area contributed by atoms with Gasteiger partial charge in [0.05, 0.1) is 6.54 Å². The number of anilines is 1. The third-order valence-corrected chi connectivity index (χ3v) is 4.25. The lowest BCUT2D eigenvalue weighted by Crippen LogP contribution is -2.39. The first-order valence-electron chi connectivity index (χ1n) is 8.24. The highest BCUT2D eigenvalue weighted by molar-refractivity contribution is 7.09. The molecule has 2 rings (SSSR count). The molecule has 0 aliphatic heterocycles. The van der Waals surface area contributed by atoms with Gasteiger partial charge >= 0.3 is 6.03 Å². The smallest absolute Gasteiger partial charge is 0.322 e. The molecule has 0 aliphatic rings. The van der Waals surface area contributed by atoms with Crippen LogP contribution in [0.5, 0.6) is 0 Å². The second kappa shape index (κ2) is 8.62. The molecule has 0 aliphatic carbocycles. The average Bonchev–Trinajstić information content (AvgIpc) is 3.01. The van der Waals surface area contributed by atoms with Crippen LogP contribution >= 0.6 is 11.3 Å². The van der Waals surface area contributed by atoms with Gasteiger partial charge in [-0.3, -0.25) is 4.79 Å². The standard InChI is InChI=1S/C18H24N4O2S/c1-12(2)19-17(23)15-11-25-16(21-15)10-22(13(3)4)18(24)20-14-8-6-5-7-9-14/h5-9,11-13H,10H2,1-4H3,(H,19,23)(H,20,24). The molecule has 7 heteroatoms. The van der Waals surface area contributed by atoms with Gasteiger partial charge in [0.15, 0.2) is 0 Å². The fourth-order valence-corrected chi connectivity index (χ4v) is 2.95. The molecule has 0 radical (unpaired) electrons. The Bertz CT molecular complexity index is 713. The molecular formula is C18H24N4O2S. The maximum Gasteiger partial charge on any atom is 0.322 e. The highest BCUT2D eigenvalue weighted by atomic mass is 32.1. The first-order valence-corrected chi connectivity index (χ1v) is 9.12. The van der Waals surface area contributed by atoms with Crippen molar-refractivity contribution in [1.82, 2.24) is 15.2 Å². The van der Waals surface area contributed by atoms with Gasteiger partial charge < -0.3 is 15.5 Å². The van der Waals surface area contributed by atoms with Crippen LogP contribution in [0, 0.1) is 0 Å². The Morgan fingerprint density at radius 2 is 1.84 bits per heavy atom. The van der Waals surface area contributed by atoms with Crippen LogP contribution in [-0.2, 0) is 6.54 Å². The first-order chi connectivity index (χ1) is 11.9. The van der Waals surface area contributed by atoms with E-state index in [1.165, 1.54) is 11.3 Å². The summed E-state index contributed by atoms with van der Waals surface area (Å²) in [5.41, 5.74) is 1.13. The fourth-order valence-electron chi connectivity index (χ4n) is 2.18. The molecule has 0 saturated heterocycles. The molecule has 25 heavy (non-hydrogen) atoms. The molecular weight excluding hydrogens is 336 g/mol. The maximum atomic E-state index is 12.6. The minimum absolute atomic E-state index is 0.000512. The summed E-state index contributed by atoms with van der Waals surface area (Å²) in [4.78, 5) is 30.6. The predicted octanol–water partition coefficient (Wildman–Crippen LogP) is 3.72. The summed E-state index contributed by atoms with van der Waals surface area (Å²) in [5.74, 6) is -0.192. The van der Waals surface area contributed by atoms with Gasteiger partial charge in [0.1, 0.15) is 10.7 Å². The van der Waals surface area contributed by atoms with E-state index in [1.54, 1.807) is 10.3 Å². The van der Waals surface area contributed by atoms with Crippen molar-refractivity contribution in [3.05, 3.63) is 46.4 Å². The van der Waals surface area contributed by atoms with Crippen molar-refractivity contribution in [2.45, 2.75) is 46.3 Å². The van der Waals surface area contributed by atoms with E-state index in [-0.39, 0.29) is 24.0 Å². The van der Waals surface area contributed by atoms with Crippen molar-refractivity contribution in [3.63, 3.8) is 0 Å². The third kappa shape index (κ3) is 5.56. The lowest BCUT2D eigenvalue weighted by atomic mass is 10.3. The topological polar surface area (TPSA) is 74.3 Å². The van der Waals surface area contributed by atoms with Gasteiger partial charge in [0.2, 0.25) is 0 Å². The zero-order valence-electron chi connectivity index (χ0n) is 14.9. The minimum Gasteiger partial charge on any atom is -0.349 e. The van der Waals surface area contributed by atoms with E-state index in [4.69, 9.17) is 0 Å². The molecule has 134 valence electrons. The van der Waals surface area contributed by atoms with Crippen LogP contribution in [-0.4, -0.2) is 33.9 Å². The fraction of sp³-hybridized carbons (Fsp3) is 0.389. The highest BCUT2D eigenvalue weighted by Gasteiger charge is 2.20. The number of carbonyl (C=O) groups is 2. The summed E-state index contributed by atoms with van der Waals surface area (Å²) < 4.78 is 0. The lowest BCUT2D eigenvalue weighted by Gasteiger charge is -2.26. The van der Waals surface area contributed by atoms with Crippen molar-refractivity contribution in [2.75, 3.05) is 5.32 Å². The largest absolute Gasteiger partial charge is 0.349 e. The monoisotopic (exact) mass is 360 g/mol. The van der Waals surface area contributed by atoms with Gasteiger partial charge in [-0.15, -0.1) is 11.3 Å². The predicted molar refractivity (Wildman–Crippen MR) is 101 cm³/mol. The molecule has 0 unspecified atom stereocenters. The van der Waals surface area contributed by atoms with Crippen molar-refractivity contribution in [3.8, 4) is 0 Å². The Morgan fingerprint density at radius 1 is 1.16 bits per heavy atom. The quantitative estimate of drug-likeness (QED) is 0.824. The van der Waals surface area contributed by atoms with Crippen LogP contribution in [0.15, 0.2) is 35.7 Å². The van der Waals surface area contributed by atoms with E-state index in [9.17, 15) is 9.59 Å². The number of nitrogens with zero attached hydrogens (tertiary/aromatic N) is 2. The Hall–Kier alpha value is -2.41. The number of hydrogen-bond donors (Lipinski definition) is 2. The Morgan fingerprint density at radius 3 is 2.44 bits per heavy atom. The summed E-state index contributed by atoms with van der Waals surface area (Å²) in [5, 5.41) is 8.15. The van der Waals surface area contributed by atoms with Crippen LogP contribution in [0.1, 0.15) is 43.2 Å². The van der Waals surface area contributed by atoms with E-state index < -0.39 is 0 Å². The van der Waals surface area contributed by atoms with Crippen molar-refractivity contribution < 1.29 is 9.59 Å². The zero-order valence-corrected chi connectivity index (χ0v) is 15.8. The number of hydrogen-bond acceptors (Lipinski definition) is 4. The Kier molecular flexibility index (Phi) is 6.52. The summed E-state index contributed by atoms with van der Waals surface area (Å²) in [7, 11) is 0. The number of urea groups is 1. The van der Waals surface area contributed by atoms with E-state index in [2.05, 4.69) is 15.6 Å². The summed E-state index contributed by atoms with van der Waals surface area (Å²) >= 11 is 1.38. The molecule has 1 aromatic carbocycles. The van der Waals surface area contributed by atoms with Gasteiger partial charge in [-0.25, -0.2) is 9.78 Å². The van der Waals surface area contributed by atoms with Crippen LogP contribution in [0.3, 0.4) is 0 Å². The normalized spacial score (nSPS) is 10.8. The molecule has 1 aromatic heterocycles. The molecule has 0 spiro atoms. The molecule has 0 bridgehead atoms. The molecule has 6 nitrogen and oxygen atoms in total. The van der Waals surface area contributed by atoms with E-state index in [1.807, 2.05) is 58.0 Å². The lowest BCUT2D eigenvalue weighted by molar-refractivity contribution is 0.0938. The van der Waals surface area contributed by atoms with Crippen LogP contribution in [0.25, 0.3) is 0 Å². The third-order valence-electron chi connectivity index (χ3n) is 3.42. The van der Waals surface area contributed by atoms with E-state index >= 15 is 0 Å². The van der Waals surface area contributed by atoms with Crippen molar-refractivity contribution in [2.24, 2.45) is 0 Å². The second-order valence-electron chi connectivity index (χ2n) is 6.27. The summed E-state index contributed by atoms with van der Waals surface area (Å²) in [6, 6.07) is 9.19. The molecule has 0 atom stereocenters. The molecule has 3 amide bonds. The Labute approximate surface area is 152 Å². The number of amides is 3. The van der Waals surface area contributed by atoms with E-state index in [0.717, 1.165) is 10.7 Å². The van der Waals surface area contributed by atoms with Crippen LogP contribution < -0.4 is 10.6 Å². The van der Waals surface area contributed by atoms with Gasteiger partial charge in [-0.2, -0.15) is 0 Å². The van der Waals surface area contributed by atoms with Gasteiger partial charge in [0.25, 0.3) is 5.91 Å². The molecule has 0 saturated carbocycles. The Balaban J connectivity index is 2.05. The molecule has 1 heterocycles. The summed E-state index contributed by atoms with van der Waals surface area (Å²) in [6.07, 6.45) is 0. The second-order valence-corrected chi connectivity index (χ2v) is 7.22. The van der Waals surface area contributed by atoms with Crippen molar-refractivity contribution >= 4 is 29.0 Å². The zero-order chi connectivity index (χ0) is 18.4. The maximum absolute atomic E-state index is 12.6. The van der Waals surface area contributed by atoms with Gasteiger partial charge in [0, 0.05) is 23.2 Å². The van der Waals surface area contributed by atoms with Crippen LogP contribution in [0.4, 0.5) is 10.5 Å². The SMILES string of the molecule is CC(C)NC(=O)c1csc(CN(C(=O)Nc2ccccc2)C(C)C)n1. The number of thiazole rings is 1. The van der Waals surface area contributed by atoms with Crippen LogP contribution in [0.2, 0.25) is 0 Å². The highest BCUT2D eigenvalue weighted by Crippen LogP contribution is 2.16. The molecule has 0 fully saturated rings. The van der Waals surface area contributed by atoms with Crippen molar-refractivity contribution in [1.29, 1.82) is 0 Å². The summed E-state index contributed by atoms with van der Waals surface area (Å²) in [6.45, 7) is 8.06. The first kappa shape index (κ1) is 18.9. The molecule has 2 aromatic rings. The van der Waals surface area contributed by atoms with Gasteiger partial charge in [-0.1, -0.05) is 18.2 Å². The van der Waals surface area contributed by atoms with E-state index in [0.29, 0.717) is 12.2 Å². The number of benzene rings is 1. The van der Waals surface area contributed by atoms with Gasteiger partial charge in [-0.05, 0) is 39.8 Å². The number of nitrogens with one attached hydrogen (secondary N) is 2. The molecule has 2 N–H and O–H groups in total. The number of rotatable bonds is 6. The minimum atomic E-state index is -0.192.